The number of aliphatic hydroxyl groups excluding tert-OH is 4. The van der Waals surface area contributed by atoms with Gasteiger partial charge in [-0.2, -0.15) is 0 Å². The first-order valence-electron chi connectivity index (χ1n) is 28.9. The van der Waals surface area contributed by atoms with Crippen molar-refractivity contribution in [2.45, 2.75) is 300 Å². The van der Waals surface area contributed by atoms with Gasteiger partial charge in [-0.05, 0) is 51.4 Å². The molecule has 0 aromatic carbocycles. The van der Waals surface area contributed by atoms with Crippen molar-refractivity contribution in [1.82, 2.24) is 10.6 Å². The number of allylic oxidation sites excluding steroid dienone is 2. The third kappa shape index (κ3) is 31.2. The Balaban J connectivity index is 2.10. The number of hydrogen-bond acceptors (Lipinski definition) is 13. The van der Waals surface area contributed by atoms with E-state index in [1.165, 1.54) is 57.8 Å². The van der Waals surface area contributed by atoms with Gasteiger partial charge in [0.1, 0.15) is 48.4 Å². The second kappa shape index (κ2) is 42.2. The zero-order chi connectivity index (χ0) is 53.5. The van der Waals surface area contributed by atoms with Crippen molar-refractivity contribution >= 4 is 25.4 Å². The highest BCUT2D eigenvalue weighted by molar-refractivity contribution is 7.46. The lowest BCUT2D eigenvalue weighted by atomic mass is 9.94. The molecule has 0 radical (unpaired) electrons. The van der Waals surface area contributed by atoms with Crippen molar-refractivity contribution in [1.29, 1.82) is 0 Å². The maximum Gasteiger partial charge on any atom is 0.472 e. The molecular weight excluding hydrogens is 960 g/mol. The van der Waals surface area contributed by atoms with Gasteiger partial charge < -0.3 is 59.8 Å². The maximum absolute atomic E-state index is 13.4. The van der Waals surface area contributed by atoms with E-state index in [2.05, 4.69) is 43.6 Å². The van der Waals surface area contributed by atoms with Gasteiger partial charge in [-0.15, -0.1) is 0 Å². The summed E-state index contributed by atoms with van der Waals surface area (Å²) in [5.74, 6) is -1.46. The molecule has 2 heterocycles. The van der Waals surface area contributed by atoms with Crippen molar-refractivity contribution in [3.63, 3.8) is 0 Å². The minimum absolute atomic E-state index is 0.0763. The van der Waals surface area contributed by atoms with Crippen LogP contribution in [0.3, 0.4) is 0 Å². The lowest BCUT2D eigenvalue weighted by Crippen LogP contribution is -2.67. The minimum atomic E-state index is -5.31. The zero-order valence-corrected chi connectivity index (χ0v) is 46.3. The second-order valence-corrected chi connectivity index (χ2v) is 21.8. The van der Waals surface area contributed by atoms with Crippen LogP contribution < -0.4 is 10.6 Å². The molecule has 0 bridgehead atoms. The lowest BCUT2D eigenvalue weighted by molar-refractivity contribution is -0.296. The van der Waals surface area contributed by atoms with Crippen molar-refractivity contribution in [3.05, 3.63) is 12.2 Å². The average molecular weight is 1060 g/mol. The van der Waals surface area contributed by atoms with E-state index in [4.69, 9.17) is 23.5 Å². The predicted octanol–water partition coefficient (Wildman–Crippen LogP) is 9.44. The molecule has 18 heteroatoms. The fourth-order valence-electron chi connectivity index (χ4n) is 9.62. The molecule has 0 aliphatic carbocycles. The van der Waals surface area contributed by atoms with Gasteiger partial charge in [-0.1, -0.05) is 181 Å². The molecule has 0 unspecified atom stereocenters. The topological polar surface area (TPSA) is 260 Å². The van der Waals surface area contributed by atoms with E-state index in [1.54, 1.807) is 0 Å². The molecule has 0 aromatic rings. The minimum Gasteiger partial charge on any atom is -0.396 e. The van der Waals surface area contributed by atoms with Gasteiger partial charge in [0.2, 0.25) is 11.8 Å². The van der Waals surface area contributed by atoms with Crippen LogP contribution in [0.25, 0.3) is 0 Å². The first-order chi connectivity index (χ1) is 35.3. The van der Waals surface area contributed by atoms with Crippen LogP contribution in [0.1, 0.15) is 239 Å². The molecule has 2 fully saturated rings. The molecule has 0 saturated carbocycles. The van der Waals surface area contributed by atoms with Crippen LogP contribution in [0.2, 0.25) is 0 Å². The molecule has 0 aromatic heterocycles. The van der Waals surface area contributed by atoms with Gasteiger partial charge in [0, 0.05) is 26.1 Å². The highest BCUT2D eigenvalue weighted by Gasteiger charge is 2.51. The quantitative estimate of drug-likeness (QED) is 0.0122. The molecule has 2 saturated heterocycles. The maximum atomic E-state index is 13.4. The third-order valence-electron chi connectivity index (χ3n) is 14.0. The Bertz CT molecular complexity index is 1490. The smallest absolute Gasteiger partial charge is 0.396 e. The normalized spacial score (nSPS) is 24.6. The Labute approximate surface area is 439 Å². The van der Waals surface area contributed by atoms with E-state index in [0.717, 1.165) is 116 Å². The fourth-order valence-corrected chi connectivity index (χ4v) is 10.1. The van der Waals surface area contributed by atoms with E-state index in [1.807, 2.05) is 0 Å². The Morgan fingerprint density at radius 1 is 0.534 bits per heavy atom. The summed E-state index contributed by atoms with van der Waals surface area (Å²) >= 11 is 0. The molecule has 2 aliphatic heterocycles. The Morgan fingerprint density at radius 2 is 1.00 bits per heavy atom. The number of Topliss-reactive ketones (excluding diaryl/α,β-unsaturated/α-hetero) is 1. The number of nitrogens with one attached hydrogen (secondary N) is 2. The van der Waals surface area contributed by atoms with E-state index >= 15 is 0 Å². The number of carbonyl (C=O) groups excluding carboxylic acids is 3. The van der Waals surface area contributed by atoms with E-state index in [9.17, 15) is 49.2 Å². The summed E-state index contributed by atoms with van der Waals surface area (Å²) in [5, 5.41) is 49.2. The Hall–Kier alpha value is -1.86. The zero-order valence-electron chi connectivity index (χ0n) is 45.4. The van der Waals surface area contributed by atoms with Gasteiger partial charge in [0.15, 0.2) is 12.6 Å². The van der Waals surface area contributed by atoms with Gasteiger partial charge in [0.25, 0.3) is 0 Å². The molecule has 2 amide bonds. The van der Waals surface area contributed by atoms with Crippen molar-refractivity contribution in [2.75, 3.05) is 19.8 Å². The van der Waals surface area contributed by atoms with Crippen LogP contribution >= 0.6 is 7.82 Å². The number of hydrogen-bond donors (Lipinski definition) is 8. The average Bonchev–Trinajstić information content (AvgIpc) is 3.35. The monoisotopic (exact) mass is 1060 g/mol. The largest absolute Gasteiger partial charge is 0.472 e. The highest BCUT2D eigenvalue weighted by Crippen LogP contribution is 2.41. The fraction of sp³-hybridized carbons (Fsp3) is 0.909. The van der Waals surface area contributed by atoms with Crippen molar-refractivity contribution in [3.8, 4) is 0 Å². The molecular formula is C55H103N2O15P. The predicted molar refractivity (Wildman–Crippen MR) is 283 cm³/mol. The van der Waals surface area contributed by atoms with Crippen molar-refractivity contribution < 1.29 is 72.6 Å². The number of carbonyl (C=O) groups is 3. The van der Waals surface area contributed by atoms with Crippen molar-refractivity contribution in [2.24, 2.45) is 0 Å². The van der Waals surface area contributed by atoms with Gasteiger partial charge >= 0.3 is 7.82 Å². The summed E-state index contributed by atoms with van der Waals surface area (Å²) in [6, 6.07) is -2.76. The molecule has 2 aliphatic rings. The summed E-state index contributed by atoms with van der Waals surface area (Å²) in [6.07, 6.45) is 24.4. The van der Waals surface area contributed by atoms with E-state index < -0.39 is 101 Å². The number of ketones is 1. The third-order valence-corrected chi connectivity index (χ3v) is 14.5. The summed E-state index contributed by atoms with van der Waals surface area (Å²) in [7, 11) is -5.31. The number of aliphatic hydroxyl groups is 4. The number of rotatable bonds is 46. The molecule has 73 heavy (non-hydrogen) atoms. The standard InChI is InChI=1S/C55H103N2O15P/c1-4-7-10-13-16-19-20-21-22-23-24-26-28-31-34-37-46(60)56-48-52(64)50(62)44(38-39-58)70-54(48)69-42-45-51(63)53(68-40-35-32-29-18-15-12-9-6-3)49(55(71-45)72-73(65,66)67)57-47(61)41-43(59)36-33-30-27-25-17-14-11-8-5-2/h19-20,44-45,48-55,58,62-64H,4-18,21-42H2,1-3H3,(H,56,60)(H,57,61)(H2,65,66,67)/b20-19-/t44-,45-,48-,49-,50-,51-,52-,53-,54-,55-/m1/s1. The van der Waals surface area contributed by atoms with E-state index in [-0.39, 0.29) is 31.7 Å². The summed E-state index contributed by atoms with van der Waals surface area (Å²) in [5.41, 5.74) is 0. The summed E-state index contributed by atoms with van der Waals surface area (Å²) < 4.78 is 41.7. The first kappa shape index (κ1) is 67.3. The van der Waals surface area contributed by atoms with Gasteiger partial charge in [0.05, 0.1) is 19.1 Å². The van der Waals surface area contributed by atoms with Gasteiger partial charge in [-0.3, -0.25) is 18.9 Å². The van der Waals surface area contributed by atoms with Crippen LogP contribution in [-0.2, 0) is 42.4 Å². The SMILES string of the molecule is CCCCCC/C=C\CCCCCCCCCC(=O)N[C@H]1[C@H](OC[C@H]2O[C@H](OP(=O)(O)O)[C@H](NC(=O)CC(=O)CCCCCCCCCCC)[C@@H](OCCCCCCCCCC)[C@@H]2O)O[C@H](CCO)[C@@H](O)[C@@H]1O. The second-order valence-electron chi connectivity index (χ2n) is 20.6. The Kier molecular flexibility index (Phi) is 38.9. The molecule has 2 rings (SSSR count). The first-order valence-corrected chi connectivity index (χ1v) is 30.5. The van der Waals surface area contributed by atoms with Crippen LogP contribution in [0.4, 0.5) is 0 Å². The lowest BCUT2D eigenvalue weighted by Gasteiger charge is -2.46. The van der Waals surface area contributed by atoms with Crippen LogP contribution in [-0.4, -0.2) is 129 Å². The summed E-state index contributed by atoms with van der Waals surface area (Å²) in [4.78, 5) is 59.7. The van der Waals surface area contributed by atoms with Crippen LogP contribution in [0, 0.1) is 0 Å². The number of amides is 2. The number of unbranched alkanes of at least 4 members (excludes halogenated alkanes) is 26. The molecule has 0 spiro atoms. The highest BCUT2D eigenvalue weighted by atomic mass is 31.2. The number of ether oxygens (including phenoxy) is 4. The van der Waals surface area contributed by atoms with E-state index in [0.29, 0.717) is 19.3 Å². The van der Waals surface area contributed by atoms with Crippen LogP contribution in [0.15, 0.2) is 12.2 Å². The van der Waals surface area contributed by atoms with Crippen LogP contribution in [0.5, 0.6) is 0 Å². The molecule has 8 N–H and O–H groups in total. The van der Waals surface area contributed by atoms with Gasteiger partial charge in [-0.25, -0.2) is 4.57 Å². The number of phosphoric acid groups is 1. The molecule has 17 nitrogen and oxygen atoms in total. The summed E-state index contributed by atoms with van der Waals surface area (Å²) in [6.45, 7) is 5.72. The molecule has 428 valence electrons. The Morgan fingerprint density at radius 3 is 1.53 bits per heavy atom. The number of phosphoric ester groups is 1. The molecule has 10 atom stereocenters.